The van der Waals surface area contributed by atoms with Crippen molar-refractivity contribution in [2.24, 2.45) is 24.3 Å². The minimum atomic E-state index is -0.481. The number of Topliss-reactive ketones (excluding diaryl/α,β-unsaturated/α-hetero) is 1. The van der Waals surface area contributed by atoms with Crippen molar-refractivity contribution in [2.45, 2.75) is 74.3 Å². The molecular weight excluding hydrogens is 546 g/mol. The third-order valence-corrected chi connectivity index (χ3v) is 7.21. The summed E-state index contributed by atoms with van der Waals surface area (Å²) >= 11 is 0. The van der Waals surface area contributed by atoms with Crippen LogP contribution in [0.5, 0.6) is 5.88 Å². The molecule has 10 nitrogen and oxygen atoms in total. The number of benzene rings is 1. The fourth-order valence-electron chi connectivity index (χ4n) is 4.57. The van der Waals surface area contributed by atoms with Gasteiger partial charge in [0.2, 0.25) is 17.4 Å². The maximum absolute atomic E-state index is 13.7. The Bertz CT molecular complexity index is 1510. The van der Waals surface area contributed by atoms with Crippen molar-refractivity contribution < 1.29 is 23.9 Å². The number of ether oxygens (including phenoxy) is 2. The third kappa shape index (κ3) is 6.96. The summed E-state index contributed by atoms with van der Waals surface area (Å²) in [6, 6.07) is 11.7. The summed E-state index contributed by atoms with van der Waals surface area (Å²) in [5.74, 6) is -0.971. The number of imide groups is 1. The van der Waals surface area contributed by atoms with Gasteiger partial charge in [0.05, 0.1) is 29.6 Å². The summed E-state index contributed by atoms with van der Waals surface area (Å²) < 4.78 is 15.0. The van der Waals surface area contributed by atoms with Crippen LogP contribution < -0.4 is 4.74 Å². The number of carbonyl (C=O) groups excluding carboxylic acids is 3. The van der Waals surface area contributed by atoms with E-state index in [9.17, 15) is 14.4 Å². The summed E-state index contributed by atoms with van der Waals surface area (Å²) in [5.41, 5.74) is 2.59. The quantitative estimate of drug-likeness (QED) is 0.0790. The maximum Gasteiger partial charge on any atom is 0.318 e. The Labute approximate surface area is 255 Å². The molecule has 0 spiro atoms. The molecule has 0 saturated carbocycles. The third-order valence-electron chi connectivity index (χ3n) is 7.21. The first-order valence-corrected chi connectivity index (χ1v) is 14.8. The first kappa shape index (κ1) is 34.7. The van der Waals surface area contributed by atoms with Gasteiger partial charge in [-0.05, 0) is 57.0 Å². The number of amides is 2. The predicted octanol–water partition coefficient (Wildman–Crippen LogP) is 7.68. The van der Waals surface area contributed by atoms with E-state index in [1.54, 1.807) is 46.5 Å². The largest absolute Gasteiger partial charge is 0.467 e. The molecular formula is C33H45N5O5. The monoisotopic (exact) mass is 591 g/mol. The van der Waals surface area contributed by atoms with E-state index in [0.29, 0.717) is 24.4 Å². The van der Waals surface area contributed by atoms with Gasteiger partial charge < -0.3 is 18.6 Å². The van der Waals surface area contributed by atoms with Crippen molar-refractivity contribution in [1.29, 1.82) is 0 Å². The molecule has 2 amide bonds. The second-order valence-corrected chi connectivity index (χ2v) is 9.41. The number of ketones is 1. The lowest BCUT2D eigenvalue weighted by atomic mass is 10.1. The Balaban J connectivity index is 0.00000155. The Kier molecular flexibility index (Phi) is 12.7. The standard InChI is InChI=1S/C29H33N5O5.2C2H6/c1-8-19(9-2)34-27(36)20-11-10-12-21(24(20)28(34)37)30-31-25(26(35)22-15-13-17(3)32(22)5)29(38-7)39-23-16-14-18(4)33(23)6;2*1-2/h10-16,19H,8-9H2,1-7H3;2*1-2H3/b29-25+,31-30?;;. The van der Waals surface area contributed by atoms with Gasteiger partial charge in [0, 0.05) is 37.6 Å². The van der Waals surface area contributed by atoms with Crippen molar-refractivity contribution in [1.82, 2.24) is 14.0 Å². The molecule has 2 aromatic heterocycles. The Morgan fingerprint density at radius 1 is 0.860 bits per heavy atom. The van der Waals surface area contributed by atoms with Crippen LogP contribution in [0.2, 0.25) is 0 Å². The number of hydrogen-bond donors (Lipinski definition) is 0. The molecule has 3 heterocycles. The molecule has 1 aromatic carbocycles. The van der Waals surface area contributed by atoms with Crippen LogP contribution in [0.3, 0.4) is 0 Å². The summed E-state index contributed by atoms with van der Waals surface area (Å²) in [5, 5.41) is 8.57. The number of rotatable bonds is 10. The van der Waals surface area contributed by atoms with Crippen molar-refractivity contribution >= 4 is 23.3 Å². The molecule has 10 heteroatoms. The molecule has 232 valence electrons. The molecule has 0 atom stereocenters. The number of aromatic nitrogens is 2. The second kappa shape index (κ2) is 15.7. The van der Waals surface area contributed by atoms with Crippen LogP contribution in [0.4, 0.5) is 5.69 Å². The highest BCUT2D eigenvalue weighted by atomic mass is 16.7. The highest BCUT2D eigenvalue weighted by Gasteiger charge is 2.40. The lowest BCUT2D eigenvalue weighted by molar-refractivity contribution is 0.0575. The molecule has 1 aliphatic rings. The zero-order valence-electron chi connectivity index (χ0n) is 27.3. The van der Waals surface area contributed by atoms with E-state index in [1.807, 2.05) is 74.6 Å². The van der Waals surface area contributed by atoms with Crippen molar-refractivity contribution in [3.05, 3.63) is 82.3 Å². The number of carbonyl (C=O) groups is 3. The molecule has 0 saturated heterocycles. The molecule has 0 bridgehead atoms. The van der Waals surface area contributed by atoms with Gasteiger partial charge in [0.15, 0.2) is 0 Å². The molecule has 0 unspecified atom stereocenters. The SMILES string of the molecule is CC.CC.CCC(CC)N1C(=O)c2cccc(N=N/C(C(=O)c3ccc(C)n3C)=C(\OC)Oc3ccc(C)n3C)c2C1=O. The number of hydrogen-bond acceptors (Lipinski definition) is 7. The predicted molar refractivity (Wildman–Crippen MR) is 168 cm³/mol. The first-order valence-electron chi connectivity index (χ1n) is 14.8. The molecule has 4 rings (SSSR count). The fourth-order valence-corrected chi connectivity index (χ4v) is 4.57. The summed E-state index contributed by atoms with van der Waals surface area (Å²) in [6.45, 7) is 15.7. The molecule has 0 radical (unpaired) electrons. The zero-order valence-corrected chi connectivity index (χ0v) is 27.3. The minimum Gasteiger partial charge on any atom is -0.467 e. The number of azo groups is 1. The first-order chi connectivity index (χ1) is 20.6. The van der Waals surface area contributed by atoms with Gasteiger partial charge in [0.1, 0.15) is 0 Å². The van der Waals surface area contributed by atoms with E-state index >= 15 is 0 Å². The van der Waals surface area contributed by atoms with E-state index in [1.165, 1.54) is 12.0 Å². The molecule has 3 aromatic rings. The lowest BCUT2D eigenvalue weighted by Gasteiger charge is -2.23. The van der Waals surface area contributed by atoms with Crippen molar-refractivity contribution in [3.63, 3.8) is 0 Å². The molecule has 0 fully saturated rings. The second-order valence-electron chi connectivity index (χ2n) is 9.41. The van der Waals surface area contributed by atoms with E-state index < -0.39 is 11.7 Å². The molecule has 0 N–H and O–H groups in total. The number of methoxy groups -OCH3 is 1. The van der Waals surface area contributed by atoms with E-state index in [4.69, 9.17) is 9.47 Å². The van der Waals surface area contributed by atoms with Gasteiger partial charge in [-0.3, -0.25) is 19.3 Å². The molecule has 1 aliphatic heterocycles. The summed E-state index contributed by atoms with van der Waals surface area (Å²) in [6.07, 6.45) is 1.28. The average Bonchev–Trinajstić information content (AvgIpc) is 3.63. The normalized spacial score (nSPS) is 12.9. The number of nitrogens with zero attached hydrogens (tertiary/aromatic N) is 5. The summed E-state index contributed by atoms with van der Waals surface area (Å²) in [4.78, 5) is 41.5. The lowest BCUT2D eigenvalue weighted by Crippen LogP contribution is -2.39. The smallest absolute Gasteiger partial charge is 0.318 e. The maximum atomic E-state index is 13.7. The van der Waals surface area contributed by atoms with Crippen LogP contribution in [0, 0.1) is 13.8 Å². The number of aryl methyl sites for hydroxylation is 2. The van der Waals surface area contributed by atoms with Crippen LogP contribution in [0.25, 0.3) is 0 Å². The van der Waals surface area contributed by atoms with Crippen LogP contribution in [-0.4, -0.2) is 44.8 Å². The van der Waals surface area contributed by atoms with Gasteiger partial charge in [-0.25, -0.2) is 0 Å². The topological polar surface area (TPSA) is 107 Å². The highest BCUT2D eigenvalue weighted by Crippen LogP contribution is 2.34. The van der Waals surface area contributed by atoms with E-state index in [0.717, 1.165) is 11.4 Å². The number of fused-ring (bicyclic) bond motifs is 1. The van der Waals surface area contributed by atoms with E-state index in [2.05, 4.69) is 10.2 Å². The van der Waals surface area contributed by atoms with Gasteiger partial charge in [-0.15, -0.1) is 10.2 Å². The van der Waals surface area contributed by atoms with Crippen LogP contribution in [-0.2, 0) is 18.8 Å². The average molecular weight is 592 g/mol. The van der Waals surface area contributed by atoms with Crippen LogP contribution in [0.15, 0.2) is 64.3 Å². The van der Waals surface area contributed by atoms with Crippen molar-refractivity contribution in [3.8, 4) is 5.88 Å². The summed E-state index contributed by atoms with van der Waals surface area (Å²) in [7, 11) is 4.97. The van der Waals surface area contributed by atoms with Gasteiger partial charge >= 0.3 is 5.95 Å². The van der Waals surface area contributed by atoms with Gasteiger partial charge in [-0.2, -0.15) is 0 Å². The van der Waals surface area contributed by atoms with Gasteiger partial charge in [-0.1, -0.05) is 47.6 Å². The fraction of sp³-hybridized carbons (Fsp3) is 0.424. The minimum absolute atomic E-state index is 0.155. The molecule has 0 aliphatic carbocycles. The zero-order chi connectivity index (χ0) is 32.4. The Hall–Kier alpha value is -4.47. The van der Waals surface area contributed by atoms with Crippen molar-refractivity contribution in [2.75, 3.05) is 7.11 Å². The Morgan fingerprint density at radius 2 is 1.47 bits per heavy atom. The molecule has 43 heavy (non-hydrogen) atoms. The van der Waals surface area contributed by atoms with Crippen LogP contribution >= 0.6 is 0 Å². The Morgan fingerprint density at radius 3 is 1.98 bits per heavy atom. The van der Waals surface area contributed by atoms with Gasteiger partial charge in [0.25, 0.3) is 11.8 Å². The van der Waals surface area contributed by atoms with E-state index in [-0.39, 0.29) is 40.4 Å². The highest BCUT2D eigenvalue weighted by molar-refractivity contribution is 6.23. The van der Waals surface area contributed by atoms with Crippen LogP contribution in [0.1, 0.15) is 97.0 Å². The number of allylic oxidation sites excluding steroid dienone is 1.